The summed E-state index contributed by atoms with van der Waals surface area (Å²) in [6.45, 7) is 0. The van der Waals surface area contributed by atoms with E-state index in [-0.39, 0.29) is 0 Å². The lowest BCUT2D eigenvalue weighted by atomic mass is 10.1. The highest BCUT2D eigenvalue weighted by atomic mass is 15.1. The third-order valence-electron chi connectivity index (χ3n) is 1.93. The van der Waals surface area contributed by atoms with E-state index in [1.54, 1.807) is 24.5 Å². The van der Waals surface area contributed by atoms with Crippen LogP contribution in [-0.4, -0.2) is 10.2 Å². The number of aromatic nitrogens is 2. The molecule has 1 heterocycles. The molecule has 2 aromatic rings. The lowest BCUT2D eigenvalue weighted by molar-refractivity contribution is 1.03. The van der Waals surface area contributed by atoms with E-state index in [4.69, 9.17) is 5.26 Å². The lowest BCUT2D eigenvalue weighted by Crippen LogP contribution is -1.82. The standard InChI is InChI=1S/C11H7N3/c12-7-9-1-3-10(4-2-9)11-5-6-13-14-8-11/h1-6,8H. The van der Waals surface area contributed by atoms with Gasteiger partial charge in [-0.1, -0.05) is 12.1 Å². The number of nitriles is 1. The van der Waals surface area contributed by atoms with Crippen molar-refractivity contribution in [3.05, 3.63) is 48.3 Å². The summed E-state index contributed by atoms with van der Waals surface area (Å²) in [5, 5.41) is 16.1. The Morgan fingerprint density at radius 1 is 0.929 bits per heavy atom. The maximum atomic E-state index is 8.63. The maximum Gasteiger partial charge on any atom is 0.0991 e. The minimum atomic E-state index is 0.663. The predicted octanol–water partition coefficient (Wildman–Crippen LogP) is 2.02. The number of nitrogens with zero attached hydrogens (tertiary/aromatic N) is 3. The second kappa shape index (κ2) is 3.67. The summed E-state index contributed by atoms with van der Waals surface area (Å²) in [6, 6.07) is 11.3. The van der Waals surface area contributed by atoms with Crippen LogP contribution in [0.1, 0.15) is 5.56 Å². The van der Waals surface area contributed by atoms with Crippen LogP contribution in [0.5, 0.6) is 0 Å². The van der Waals surface area contributed by atoms with E-state index < -0.39 is 0 Å². The number of hydrogen-bond acceptors (Lipinski definition) is 3. The topological polar surface area (TPSA) is 49.6 Å². The number of benzene rings is 1. The molecule has 66 valence electrons. The van der Waals surface area contributed by atoms with E-state index in [9.17, 15) is 0 Å². The molecular formula is C11H7N3. The first kappa shape index (κ1) is 8.39. The largest absolute Gasteiger partial charge is 0.192 e. The van der Waals surface area contributed by atoms with Gasteiger partial charge in [0.1, 0.15) is 0 Å². The monoisotopic (exact) mass is 181 g/mol. The molecule has 0 N–H and O–H groups in total. The zero-order valence-corrected chi connectivity index (χ0v) is 7.38. The van der Waals surface area contributed by atoms with E-state index in [0.717, 1.165) is 11.1 Å². The molecule has 0 saturated carbocycles. The van der Waals surface area contributed by atoms with Gasteiger partial charge in [0.05, 0.1) is 24.0 Å². The van der Waals surface area contributed by atoms with Crippen LogP contribution in [0.4, 0.5) is 0 Å². The van der Waals surface area contributed by atoms with Gasteiger partial charge >= 0.3 is 0 Å². The van der Waals surface area contributed by atoms with Gasteiger partial charge < -0.3 is 0 Å². The van der Waals surface area contributed by atoms with Gasteiger partial charge in [-0.3, -0.25) is 0 Å². The van der Waals surface area contributed by atoms with E-state index >= 15 is 0 Å². The van der Waals surface area contributed by atoms with Gasteiger partial charge in [0.15, 0.2) is 0 Å². The van der Waals surface area contributed by atoms with Crippen molar-refractivity contribution in [3.63, 3.8) is 0 Å². The Morgan fingerprint density at radius 3 is 2.29 bits per heavy atom. The average Bonchev–Trinajstić information content (AvgIpc) is 2.30. The first-order valence-corrected chi connectivity index (χ1v) is 4.17. The number of rotatable bonds is 1. The SMILES string of the molecule is N#Cc1ccc(-c2ccnnc2)cc1. The Labute approximate surface area is 81.7 Å². The Bertz CT molecular complexity index is 454. The second-order valence-electron chi connectivity index (χ2n) is 2.82. The van der Waals surface area contributed by atoms with Gasteiger partial charge in [-0.25, -0.2) is 0 Å². The van der Waals surface area contributed by atoms with Gasteiger partial charge in [0.2, 0.25) is 0 Å². The fraction of sp³-hybridized carbons (Fsp3) is 0. The van der Waals surface area contributed by atoms with Crippen LogP contribution in [0.2, 0.25) is 0 Å². The predicted molar refractivity (Wildman–Crippen MR) is 52.2 cm³/mol. The summed E-state index contributed by atoms with van der Waals surface area (Å²) < 4.78 is 0. The summed E-state index contributed by atoms with van der Waals surface area (Å²) in [4.78, 5) is 0. The molecule has 0 aliphatic heterocycles. The minimum Gasteiger partial charge on any atom is -0.192 e. The summed E-state index contributed by atoms with van der Waals surface area (Å²) in [6.07, 6.45) is 3.34. The molecule has 0 saturated heterocycles. The minimum absolute atomic E-state index is 0.663. The van der Waals surface area contributed by atoms with Gasteiger partial charge in [-0.2, -0.15) is 15.5 Å². The molecule has 0 bridgehead atoms. The van der Waals surface area contributed by atoms with Crippen molar-refractivity contribution < 1.29 is 0 Å². The fourth-order valence-corrected chi connectivity index (χ4v) is 1.20. The molecule has 1 aromatic carbocycles. The van der Waals surface area contributed by atoms with Crippen molar-refractivity contribution in [1.29, 1.82) is 5.26 Å². The van der Waals surface area contributed by atoms with Crippen molar-refractivity contribution in [3.8, 4) is 17.2 Å². The normalized spacial score (nSPS) is 9.36. The van der Waals surface area contributed by atoms with Crippen molar-refractivity contribution in [1.82, 2.24) is 10.2 Å². The first-order chi connectivity index (χ1) is 6.90. The first-order valence-electron chi connectivity index (χ1n) is 4.17. The quantitative estimate of drug-likeness (QED) is 0.676. The number of hydrogen-bond donors (Lipinski definition) is 0. The van der Waals surface area contributed by atoms with E-state index in [1.165, 1.54) is 0 Å². The van der Waals surface area contributed by atoms with Crippen LogP contribution in [0.25, 0.3) is 11.1 Å². The molecule has 0 spiro atoms. The van der Waals surface area contributed by atoms with Crippen molar-refractivity contribution in [2.45, 2.75) is 0 Å². The van der Waals surface area contributed by atoms with Gasteiger partial charge in [0, 0.05) is 5.56 Å². The van der Waals surface area contributed by atoms with Crippen LogP contribution >= 0.6 is 0 Å². The molecule has 0 atom stereocenters. The molecule has 0 radical (unpaired) electrons. The fourth-order valence-electron chi connectivity index (χ4n) is 1.20. The van der Waals surface area contributed by atoms with Crippen LogP contribution in [0, 0.1) is 11.3 Å². The highest BCUT2D eigenvalue weighted by molar-refractivity contribution is 5.62. The van der Waals surface area contributed by atoms with Gasteiger partial charge in [0.25, 0.3) is 0 Å². The third kappa shape index (κ3) is 1.59. The van der Waals surface area contributed by atoms with Crippen LogP contribution in [-0.2, 0) is 0 Å². The molecule has 14 heavy (non-hydrogen) atoms. The molecule has 3 nitrogen and oxygen atoms in total. The van der Waals surface area contributed by atoms with Crippen LogP contribution < -0.4 is 0 Å². The van der Waals surface area contributed by atoms with Gasteiger partial charge in [-0.05, 0) is 23.8 Å². The van der Waals surface area contributed by atoms with Crippen molar-refractivity contribution in [2.75, 3.05) is 0 Å². The molecular weight excluding hydrogens is 174 g/mol. The molecule has 0 aliphatic carbocycles. The molecule has 2 rings (SSSR count). The van der Waals surface area contributed by atoms with E-state index in [2.05, 4.69) is 16.3 Å². The Morgan fingerprint density at radius 2 is 1.71 bits per heavy atom. The molecule has 0 fully saturated rings. The molecule has 0 aliphatic rings. The molecule has 1 aromatic heterocycles. The highest BCUT2D eigenvalue weighted by Gasteiger charge is 1.96. The van der Waals surface area contributed by atoms with E-state index in [1.807, 2.05) is 18.2 Å². The Kier molecular flexibility index (Phi) is 2.20. The summed E-state index contributed by atoms with van der Waals surface area (Å²) >= 11 is 0. The third-order valence-corrected chi connectivity index (χ3v) is 1.93. The maximum absolute atomic E-state index is 8.63. The Balaban J connectivity index is 2.40. The average molecular weight is 181 g/mol. The zero-order chi connectivity index (χ0) is 9.80. The van der Waals surface area contributed by atoms with Crippen molar-refractivity contribution >= 4 is 0 Å². The summed E-state index contributed by atoms with van der Waals surface area (Å²) in [5.74, 6) is 0. The molecule has 3 heteroatoms. The zero-order valence-electron chi connectivity index (χ0n) is 7.38. The van der Waals surface area contributed by atoms with Gasteiger partial charge in [-0.15, -0.1) is 0 Å². The second-order valence-corrected chi connectivity index (χ2v) is 2.82. The molecule has 0 unspecified atom stereocenters. The van der Waals surface area contributed by atoms with Crippen LogP contribution in [0.15, 0.2) is 42.7 Å². The smallest absolute Gasteiger partial charge is 0.0991 e. The summed E-state index contributed by atoms with van der Waals surface area (Å²) in [7, 11) is 0. The van der Waals surface area contributed by atoms with Crippen molar-refractivity contribution in [2.24, 2.45) is 0 Å². The highest BCUT2D eigenvalue weighted by Crippen LogP contribution is 2.17. The Hall–Kier alpha value is -2.21. The molecule has 0 amide bonds. The summed E-state index contributed by atoms with van der Waals surface area (Å²) in [5.41, 5.74) is 2.71. The van der Waals surface area contributed by atoms with E-state index in [0.29, 0.717) is 5.56 Å². The van der Waals surface area contributed by atoms with Crippen LogP contribution in [0.3, 0.4) is 0 Å². The lowest BCUT2D eigenvalue weighted by Gasteiger charge is -1.98.